The van der Waals surface area contributed by atoms with E-state index in [0.717, 1.165) is 31.4 Å². The first-order chi connectivity index (χ1) is 15.9. The second-order valence-corrected chi connectivity index (χ2v) is 10.2. The molecule has 11 heteroatoms. The summed E-state index contributed by atoms with van der Waals surface area (Å²) in [6, 6.07) is 1.65. The topological polar surface area (TPSA) is 67.6 Å². The molecule has 3 atom stereocenters. The van der Waals surface area contributed by atoms with Crippen LogP contribution in [0.25, 0.3) is 0 Å². The molecule has 1 N–H and O–H groups in total. The average Bonchev–Trinajstić information content (AvgIpc) is 3.18. The van der Waals surface area contributed by atoms with E-state index in [9.17, 15) is 26.7 Å². The summed E-state index contributed by atoms with van der Waals surface area (Å²) in [5.74, 6) is -3.35. The molecule has 6 nitrogen and oxygen atoms in total. The van der Waals surface area contributed by atoms with Gasteiger partial charge in [0.05, 0.1) is 0 Å². The molecule has 3 fully saturated rings. The monoisotopic (exact) mass is 485 g/mol. The number of halogens is 5. The number of hydrogen-bond acceptors (Lipinski definition) is 5. The van der Waals surface area contributed by atoms with Crippen LogP contribution in [0.15, 0.2) is 16.5 Å². The van der Waals surface area contributed by atoms with Gasteiger partial charge in [0, 0.05) is 36.3 Å². The lowest BCUT2D eigenvalue weighted by atomic mass is 9.85. The number of oxazole rings is 1. The summed E-state index contributed by atoms with van der Waals surface area (Å²) >= 11 is 0. The van der Waals surface area contributed by atoms with Crippen LogP contribution < -0.4 is 15.0 Å². The fourth-order valence-corrected chi connectivity index (χ4v) is 4.96. The first kappa shape index (κ1) is 22.9. The molecule has 3 unspecified atom stereocenters. The van der Waals surface area contributed by atoms with Crippen LogP contribution in [-0.2, 0) is 6.42 Å². The van der Waals surface area contributed by atoms with Gasteiger partial charge in [-0.25, -0.2) is 8.78 Å². The highest BCUT2D eigenvalue weighted by Crippen LogP contribution is 2.53. The largest absolute Gasteiger partial charge is 0.484 e. The normalized spacial score (nSPS) is 25.0. The third kappa shape index (κ3) is 4.56. The van der Waals surface area contributed by atoms with Gasteiger partial charge in [0.2, 0.25) is 0 Å². The quantitative estimate of drug-likeness (QED) is 0.560. The molecule has 0 radical (unpaired) electrons. The second-order valence-electron chi connectivity index (χ2n) is 10.2. The molecule has 1 aromatic carbocycles. The molecule has 3 aliphatic rings. The number of rotatable bonds is 6. The Balaban J connectivity index is 1.34. The molecule has 2 saturated carbocycles. The number of hydrogen-bond donors (Lipinski definition) is 1. The summed E-state index contributed by atoms with van der Waals surface area (Å²) in [5, 5.41) is 2.23. The van der Waals surface area contributed by atoms with Crippen LogP contribution in [0.1, 0.15) is 49.4 Å². The summed E-state index contributed by atoms with van der Waals surface area (Å²) < 4.78 is 79.1. The van der Waals surface area contributed by atoms with E-state index in [4.69, 9.17) is 9.15 Å². The van der Waals surface area contributed by atoms with Crippen LogP contribution in [0.5, 0.6) is 5.75 Å². The Kier molecular flexibility index (Phi) is 5.29. The number of carbonyl (C=O) groups excluding carboxylic acids is 1. The molecule has 2 aromatic rings. The number of ether oxygens (including phenoxy) is 1. The highest BCUT2D eigenvalue weighted by molar-refractivity contribution is 6.03. The second kappa shape index (κ2) is 7.84. The van der Waals surface area contributed by atoms with Crippen molar-refractivity contribution in [2.45, 2.75) is 51.8 Å². The Labute approximate surface area is 192 Å². The van der Waals surface area contributed by atoms with E-state index in [0.29, 0.717) is 24.9 Å². The standard InChI is InChI=1S/C23H24F5N3O3/c1-22(2)9-31(10-22)21-30-18(17(34-21)8-23(26,27)28)20(32)29-12-6-14(24)19(15(25)7-12)33-16-4-3-11-5-13(11)16/h6-7,11,13,16H,3-5,8-10H2,1-2H3,(H,29,32). The van der Waals surface area contributed by atoms with Crippen molar-refractivity contribution in [3.63, 3.8) is 0 Å². The van der Waals surface area contributed by atoms with Crippen LogP contribution in [0.3, 0.4) is 0 Å². The Hall–Kier alpha value is -2.85. The molecule has 1 saturated heterocycles. The molecule has 1 amide bonds. The van der Waals surface area contributed by atoms with Gasteiger partial charge in [-0.15, -0.1) is 0 Å². The highest BCUT2D eigenvalue weighted by Gasteiger charge is 2.49. The molecule has 5 rings (SSSR count). The van der Waals surface area contributed by atoms with Gasteiger partial charge in [-0.2, -0.15) is 18.2 Å². The molecule has 1 aliphatic heterocycles. The van der Waals surface area contributed by atoms with Gasteiger partial charge in [-0.3, -0.25) is 4.79 Å². The van der Waals surface area contributed by atoms with E-state index < -0.39 is 47.3 Å². The predicted molar refractivity (Wildman–Crippen MR) is 112 cm³/mol. The van der Waals surface area contributed by atoms with Gasteiger partial charge < -0.3 is 19.4 Å². The zero-order chi connectivity index (χ0) is 24.4. The van der Waals surface area contributed by atoms with Crippen molar-refractivity contribution < 1.29 is 35.9 Å². The maximum absolute atomic E-state index is 14.6. The number of amides is 1. The fourth-order valence-electron chi connectivity index (χ4n) is 4.96. The minimum absolute atomic E-state index is 0.0567. The molecule has 0 spiro atoms. The van der Waals surface area contributed by atoms with Crippen molar-refractivity contribution in [2.24, 2.45) is 17.3 Å². The number of carbonyl (C=O) groups is 1. The molecular formula is C23H24F5N3O3. The van der Waals surface area contributed by atoms with Crippen molar-refractivity contribution in [3.05, 3.63) is 35.2 Å². The molecule has 34 heavy (non-hydrogen) atoms. The van der Waals surface area contributed by atoms with E-state index in [-0.39, 0.29) is 23.2 Å². The number of aromatic nitrogens is 1. The maximum Gasteiger partial charge on any atom is 0.396 e. The number of anilines is 2. The van der Waals surface area contributed by atoms with Crippen molar-refractivity contribution in [1.82, 2.24) is 4.98 Å². The summed E-state index contributed by atoms with van der Waals surface area (Å²) in [7, 11) is 0. The lowest BCUT2D eigenvalue weighted by molar-refractivity contribution is -0.130. The third-order valence-corrected chi connectivity index (χ3v) is 6.57. The van der Waals surface area contributed by atoms with Gasteiger partial charge in [-0.1, -0.05) is 13.8 Å². The van der Waals surface area contributed by atoms with Crippen LogP contribution >= 0.6 is 0 Å². The van der Waals surface area contributed by atoms with Crippen LogP contribution in [0.4, 0.5) is 33.7 Å². The molecule has 2 heterocycles. The SMILES string of the molecule is CC1(C)CN(c2nc(C(=O)Nc3cc(F)c(OC4CCC5CC54)c(F)c3)c(CC(F)(F)F)o2)C1. The van der Waals surface area contributed by atoms with E-state index >= 15 is 0 Å². The number of benzene rings is 1. The van der Waals surface area contributed by atoms with Gasteiger partial charge in [0.1, 0.15) is 18.3 Å². The molecular weight excluding hydrogens is 461 g/mol. The summed E-state index contributed by atoms with van der Waals surface area (Å²) in [4.78, 5) is 18.3. The van der Waals surface area contributed by atoms with Crippen LogP contribution in [0.2, 0.25) is 0 Å². The van der Waals surface area contributed by atoms with Crippen molar-refractivity contribution in [3.8, 4) is 5.75 Å². The van der Waals surface area contributed by atoms with Crippen molar-refractivity contribution in [2.75, 3.05) is 23.3 Å². The first-order valence-corrected chi connectivity index (χ1v) is 11.2. The summed E-state index contributed by atoms with van der Waals surface area (Å²) in [6.45, 7) is 4.95. The van der Waals surface area contributed by atoms with Gasteiger partial charge in [-0.05, 0) is 31.1 Å². The lowest BCUT2D eigenvalue weighted by Gasteiger charge is -2.44. The summed E-state index contributed by atoms with van der Waals surface area (Å²) in [6.07, 6.45) is -3.67. The van der Waals surface area contributed by atoms with Crippen LogP contribution in [0, 0.1) is 28.9 Å². The summed E-state index contributed by atoms with van der Waals surface area (Å²) in [5.41, 5.74) is -0.904. The lowest BCUT2D eigenvalue weighted by Crippen LogP contribution is -2.53. The zero-order valence-electron chi connectivity index (χ0n) is 18.6. The Bertz CT molecular complexity index is 1100. The maximum atomic E-state index is 14.6. The van der Waals surface area contributed by atoms with E-state index in [1.165, 1.54) is 0 Å². The Morgan fingerprint density at radius 2 is 1.91 bits per heavy atom. The van der Waals surface area contributed by atoms with Gasteiger partial charge >= 0.3 is 6.18 Å². The minimum atomic E-state index is -4.64. The molecule has 184 valence electrons. The van der Waals surface area contributed by atoms with Gasteiger partial charge in [0.15, 0.2) is 23.1 Å². The average molecular weight is 485 g/mol. The van der Waals surface area contributed by atoms with Gasteiger partial charge in [0.25, 0.3) is 11.9 Å². The number of nitrogens with zero attached hydrogens (tertiary/aromatic N) is 2. The molecule has 1 aromatic heterocycles. The van der Waals surface area contributed by atoms with Crippen molar-refractivity contribution >= 4 is 17.6 Å². The smallest absolute Gasteiger partial charge is 0.396 e. The van der Waals surface area contributed by atoms with E-state index in [1.54, 1.807) is 4.90 Å². The van der Waals surface area contributed by atoms with E-state index in [2.05, 4.69) is 10.3 Å². The third-order valence-electron chi connectivity index (χ3n) is 6.57. The van der Waals surface area contributed by atoms with E-state index in [1.807, 2.05) is 13.8 Å². The zero-order valence-corrected chi connectivity index (χ0v) is 18.6. The number of nitrogens with one attached hydrogen (secondary N) is 1. The van der Waals surface area contributed by atoms with Crippen LogP contribution in [-0.4, -0.2) is 36.3 Å². The van der Waals surface area contributed by atoms with Crippen molar-refractivity contribution in [1.29, 1.82) is 0 Å². The first-order valence-electron chi connectivity index (χ1n) is 11.2. The Morgan fingerprint density at radius 1 is 1.24 bits per heavy atom. The highest BCUT2D eigenvalue weighted by atomic mass is 19.4. The molecule has 2 aliphatic carbocycles. The predicted octanol–water partition coefficient (Wildman–Crippen LogP) is 5.33. The number of alkyl halides is 3. The molecule has 0 bridgehead atoms. The minimum Gasteiger partial charge on any atom is -0.484 e. The Morgan fingerprint density at radius 3 is 2.44 bits per heavy atom. The fraction of sp³-hybridized carbons (Fsp3) is 0.565. The number of fused-ring (bicyclic) bond motifs is 1.